The van der Waals surface area contributed by atoms with Crippen molar-refractivity contribution in [2.75, 3.05) is 13.7 Å². The third-order valence-corrected chi connectivity index (χ3v) is 4.14. The fraction of sp³-hybridized carbons (Fsp3) is 0.222. The molecule has 0 aliphatic rings. The number of nitrogens with one attached hydrogen (secondary N) is 1. The van der Waals surface area contributed by atoms with Gasteiger partial charge in [-0.05, 0) is 59.3 Å². The third-order valence-electron chi connectivity index (χ3n) is 3.83. The highest BCUT2D eigenvalue weighted by atomic mass is 35.5. The number of benzene rings is 2. The monoisotopic (exact) mass is 389 g/mol. The molecule has 1 amide bonds. The van der Waals surface area contributed by atoms with Crippen LogP contribution in [-0.4, -0.2) is 45.9 Å². The average molecular weight is 390 g/mol. The molecular weight excluding hydrogens is 373 g/mol. The summed E-state index contributed by atoms with van der Waals surface area (Å²) in [4.78, 5) is 12.7. The number of carbonyl (C=O) groups excluding carboxylic acids is 1. The average Bonchev–Trinajstić information content (AvgIpc) is 3.16. The van der Waals surface area contributed by atoms with E-state index in [9.17, 15) is 9.18 Å². The van der Waals surface area contributed by atoms with E-state index in [4.69, 9.17) is 16.3 Å². The molecule has 1 aromatic heterocycles. The maximum Gasteiger partial charge on any atom is 0.251 e. The molecule has 1 atom stereocenters. The quantitative estimate of drug-likeness (QED) is 0.701. The van der Waals surface area contributed by atoms with Crippen LogP contribution >= 0.6 is 11.6 Å². The molecule has 0 saturated heterocycles. The van der Waals surface area contributed by atoms with Gasteiger partial charge in [-0.1, -0.05) is 11.6 Å². The largest absolute Gasteiger partial charge is 0.383 e. The first-order chi connectivity index (χ1) is 13.0. The molecule has 140 valence electrons. The molecule has 0 radical (unpaired) electrons. The zero-order valence-corrected chi connectivity index (χ0v) is 15.4. The number of ether oxygens (including phenoxy) is 1. The molecule has 3 rings (SSSR count). The van der Waals surface area contributed by atoms with E-state index in [0.29, 0.717) is 29.0 Å². The highest BCUT2D eigenvalue weighted by Crippen LogP contribution is 2.31. The van der Waals surface area contributed by atoms with Gasteiger partial charge in [0.25, 0.3) is 5.91 Å². The number of amides is 1. The number of aromatic nitrogens is 4. The Bertz CT molecular complexity index is 949. The lowest BCUT2D eigenvalue weighted by molar-refractivity contribution is 0.0905. The van der Waals surface area contributed by atoms with Crippen LogP contribution in [0.3, 0.4) is 0 Å². The molecule has 0 spiro atoms. The number of hydrogen-bond donors (Lipinski definition) is 1. The second-order valence-corrected chi connectivity index (χ2v) is 6.38. The van der Waals surface area contributed by atoms with Gasteiger partial charge in [0, 0.05) is 24.3 Å². The van der Waals surface area contributed by atoms with Crippen molar-refractivity contribution >= 4 is 17.5 Å². The number of nitrogens with zero attached hydrogens (tertiary/aromatic N) is 4. The van der Waals surface area contributed by atoms with Crippen LogP contribution in [0.4, 0.5) is 4.39 Å². The second kappa shape index (κ2) is 8.24. The number of carbonyl (C=O) groups is 1. The Morgan fingerprint density at radius 3 is 2.81 bits per heavy atom. The van der Waals surface area contributed by atoms with Crippen molar-refractivity contribution in [3.05, 3.63) is 59.1 Å². The smallest absolute Gasteiger partial charge is 0.251 e. The summed E-state index contributed by atoms with van der Waals surface area (Å²) in [6.45, 7) is 2.22. The molecule has 0 fully saturated rings. The van der Waals surface area contributed by atoms with Gasteiger partial charge in [0.05, 0.1) is 17.3 Å². The summed E-state index contributed by atoms with van der Waals surface area (Å²) in [6, 6.07) is 9.04. The Morgan fingerprint density at radius 1 is 1.33 bits per heavy atom. The summed E-state index contributed by atoms with van der Waals surface area (Å²) in [5.74, 6) is -0.722. The molecule has 0 unspecified atom stereocenters. The minimum Gasteiger partial charge on any atom is -0.383 e. The molecule has 2 aromatic carbocycles. The molecule has 7 nitrogen and oxygen atoms in total. The maximum absolute atomic E-state index is 13.4. The van der Waals surface area contributed by atoms with E-state index < -0.39 is 5.82 Å². The number of methoxy groups -OCH3 is 1. The van der Waals surface area contributed by atoms with Crippen LogP contribution in [0.2, 0.25) is 5.02 Å². The Labute approximate surface area is 160 Å². The van der Waals surface area contributed by atoms with Crippen molar-refractivity contribution in [1.82, 2.24) is 25.5 Å². The van der Waals surface area contributed by atoms with Crippen LogP contribution in [0, 0.1) is 5.82 Å². The summed E-state index contributed by atoms with van der Waals surface area (Å²) in [6.07, 6.45) is 1.42. The van der Waals surface area contributed by atoms with E-state index in [-0.39, 0.29) is 17.0 Å². The second-order valence-electron chi connectivity index (χ2n) is 5.98. The topological polar surface area (TPSA) is 81.9 Å². The number of halogens is 2. The van der Waals surface area contributed by atoms with Gasteiger partial charge in [0.2, 0.25) is 0 Å². The first-order valence-corrected chi connectivity index (χ1v) is 8.49. The molecular formula is C18H17ClFN5O2. The van der Waals surface area contributed by atoms with Gasteiger partial charge >= 0.3 is 0 Å². The molecule has 0 bridgehead atoms. The predicted octanol–water partition coefficient (Wildman–Crippen LogP) is 2.89. The summed E-state index contributed by atoms with van der Waals surface area (Å²) in [5, 5.41) is 14.2. The van der Waals surface area contributed by atoms with Crippen molar-refractivity contribution in [3.63, 3.8) is 0 Å². The first-order valence-electron chi connectivity index (χ1n) is 8.11. The standard InChI is InChI=1S/C18H17ClFN5O2/c1-11(9-27-2)22-18(26)13-5-12(16-4-3-14(20)8-17(16)19)6-15(7-13)25-10-21-23-24-25/h3-8,10-11H,9H2,1-2H3,(H,22,26)/t11-/m1/s1. The lowest BCUT2D eigenvalue weighted by atomic mass is 10.0. The Kier molecular flexibility index (Phi) is 5.78. The van der Waals surface area contributed by atoms with Crippen molar-refractivity contribution in [1.29, 1.82) is 0 Å². The van der Waals surface area contributed by atoms with Crippen molar-refractivity contribution in [2.24, 2.45) is 0 Å². The Hall–Kier alpha value is -2.84. The minimum absolute atomic E-state index is 0.169. The summed E-state index contributed by atoms with van der Waals surface area (Å²) < 4.78 is 19.9. The van der Waals surface area contributed by atoms with E-state index >= 15 is 0 Å². The fourth-order valence-electron chi connectivity index (χ4n) is 2.63. The van der Waals surface area contributed by atoms with Gasteiger partial charge in [-0.2, -0.15) is 0 Å². The molecule has 27 heavy (non-hydrogen) atoms. The lowest BCUT2D eigenvalue weighted by Gasteiger charge is -2.15. The Morgan fingerprint density at radius 2 is 2.15 bits per heavy atom. The number of rotatable bonds is 6. The highest BCUT2D eigenvalue weighted by Gasteiger charge is 2.15. The van der Waals surface area contributed by atoms with E-state index in [1.807, 2.05) is 6.92 Å². The zero-order valence-electron chi connectivity index (χ0n) is 14.7. The number of hydrogen-bond acceptors (Lipinski definition) is 5. The molecule has 3 aromatic rings. The summed E-state index contributed by atoms with van der Waals surface area (Å²) in [7, 11) is 1.57. The predicted molar refractivity (Wildman–Crippen MR) is 98.4 cm³/mol. The van der Waals surface area contributed by atoms with Crippen LogP contribution in [-0.2, 0) is 4.74 Å². The SMILES string of the molecule is COC[C@@H](C)NC(=O)c1cc(-c2ccc(F)cc2Cl)cc(-n2cnnn2)c1. The summed E-state index contributed by atoms with van der Waals surface area (Å²) >= 11 is 6.19. The van der Waals surface area contributed by atoms with Crippen LogP contribution in [0.1, 0.15) is 17.3 Å². The van der Waals surface area contributed by atoms with Gasteiger partial charge in [0.1, 0.15) is 12.1 Å². The molecule has 1 heterocycles. The molecule has 0 aliphatic heterocycles. The van der Waals surface area contributed by atoms with Gasteiger partial charge in [-0.25, -0.2) is 9.07 Å². The molecule has 1 N–H and O–H groups in total. The van der Waals surface area contributed by atoms with Crippen LogP contribution in [0.25, 0.3) is 16.8 Å². The first kappa shape index (κ1) is 18.9. The van der Waals surface area contributed by atoms with E-state index in [2.05, 4.69) is 20.8 Å². The van der Waals surface area contributed by atoms with Crippen LogP contribution < -0.4 is 5.32 Å². The third kappa shape index (κ3) is 4.47. The van der Waals surface area contributed by atoms with Gasteiger partial charge in [-0.15, -0.1) is 5.10 Å². The minimum atomic E-state index is -0.438. The van der Waals surface area contributed by atoms with Gasteiger partial charge in [0.15, 0.2) is 0 Å². The van der Waals surface area contributed by atoms with Gasteiger partial charge in [-0.3, -0.25) is 4.79 Å². The van der Waals surface area contributed by atoms with Crippen molar-refractivity contribution < 1.29 is 13.9 Å². The Balaban J connectivity index is 2.05. The van der Waals surface area contributed by atoms with E-state index in [1.54, 1.807) is 31.4 Å². The van der Waals surface area contributed by atoms with Crippen molar-refractivity contribution in [2.45, 2.75) is 13.0 Å². The molecule has 9 heteroatoms. The van der Waals surface area contributed by atoms with Crippen LogP contribution in [0.5, 0.6) is 0 Å². The number of tetrazole rings is 1. The van der Waals surface area contributed by atoms with E-state index in [1.165, 1.54) is 23.1 Å². The normalized spacial score (nSPS) is 12.0. The van der Waals surface area contributed by atoms with Crippen molar-refractivity contribution in [3.8, 4) is 16.8 Å². The maximum atomic E-state index is 13.4. The zero-order chi connectivity index (χ0) is 19.4. The van der Waals surface area contributed by atoms with E-state index in [0.717, 1.165) is 0 Å². The molecule has 0 aliphatic carbocycles. The van der Waals surface area contributed by atoms with Gasteiger partial charge < -0.3 is 10.1 Å². The molecule has 0 saturated carbocycles. The van der Waals surface area contributed by atoms with Crippen LogP contribution in [0.15, 0.2) is 42.7 Å². The lowest BCUT2D eigenvalue weighted by Crippen LogP contribution is -2.35. The highest BCUT2D eigenvalue weighted by molar-refractivity contribution is 6.33. The summed E-state index contributed by atoms with van der Waals surface area (Å²) in [5.41, 5.74) is 2.19. The fourth-order valence-corrected chi connectivity index (χ4v) is 2.91.